The van der Waals surface area contributed by atoms with Crippen molar-refractivity contribution in [2.24, 2.45) is 0 Å². The molecule has 0 bridgehead atoms. The van der Waals surface area contributed by atoms with Crippen LogP contribution in [-0.4, -0.2) is 54.6 Å². The second-order valence-corrected chi connectivity index (χ2v) is 8.55. The molecular formula is C25H28N6O3. The molecule has 1 aromatic heterocycles. The molecule has 3 heterocycles. The average molecular weight is 461 g/mol. The Kier molecular flexibility index (Phi) is 6.44. The summed E-state index contributed by atoms with van der Waals surface area (Å²) in [4.78, 5) is 29.8. The number of nitrogens with one attached hydrogen (secondary N) is 2. The summed E-state index contributed by atoms with van der Waals surface area (Å²) in [5.74, 6) is 0.149. The molecule has 2 N–H and O–H groups in total. The van der Waals surface area contributed by atoms with E-state index in [1.165, 1.54) is 25.5 Å². The van der Waals surface area contributed by atoms with Crippen LogP contribution in [0.15, 0.2) is 65.4 Å². The maximum absolute atomic E-state index is 13.1. The van der Waals surface area contributed by atoms with Gasteiger partial charge in [0.25, 0.3) is 5.91 Å². The summed E-state index contributed by atoms with van der Waals surface area (Å²) < 4.78 is 4.73. The first-order valence-corrected chi connectivity index (χ1v) is 11.6. The Hall–Kier alpha value is -3.85. The average Bonchev–Trinajstić information content (AvgIpc) is 3.38. The van der Waals surface area contributed by atoms with E-state index in [2.05, 4.69) is 20.8 Å². The lowest BCUT2D eigenvalue weighted by Crippen LogP contribution is -2.50. The number of fused-ring (bicyclic) bond motifs is 1. The van der Waals surface area contributed by atoms with Gasteiger partial charge in [0, 0.05) is 24.7 Å². The van der Waals surface area contributed by atoms with Crippen LogP contribution in [0.3, 0.4) is 0 Å². The van der Waals surface area contributed by atoms with Gasteiger partial charge < -0.3 is 19.6 Å². The van der Waals surface area contributed by atoms with Crippen LogP contribution in [-0.2, 0) is 4.79 Å². The van der Waals surface area contributed by atoms with Gasteiger partial charge in [-0.2, -0.15) is 0 Å². The molecule has 3 aromatic rings. The molecule has 0 aliphatic carbocycles. The largest absolute Gasteiger partial charge is 0.363 e. The zero-order valence-electron chi connectivity index (χ0n) is 18.9. The van der Waals surface area contributed by atoms with Crippen molar-refractivity contribution in [3.05, 3.63) is 66.4 Å². The van der Waals surface area contributed by atoms with E-state index in [1.807, 2.05) is 46.3 Å². The fourth-order valence-corrected chi connectivity index (χ4v) is 4.45. The van der Waals surface area contributed by atoms with E-state index < -0.39 is 0 Å². The minimum Gasteiger partial charge on any atom is -0.363 e. The van der Waals surface area contributed by atoms with Crippen LogP contribution in [0.2, 0.25) is 0 Å². The lowest BCUT2D eigenvalue weighted by atomic mass is 10.1. The number of para-hydroxylation sites is 2. The van der Waals surface area contributed by atoms with Gasteiger partial charge in [0.15, 0.2) is 5.82 Å². The topological polar surface area (TPSA) is 93.9 Å². The number of amides is 2. The van der Waals surface area contributed by atoms with Gasteiger partial charge in [-0.25, -0.2) is 0 Å². The lowest BCUT2D eigenvalue weighted by molar-refractivity contribution is -0.117. The van der Waals surface area contributed by atoms with Crippen LogP contribution in [0.1, 0.15) is 29.6 Å². The third kappa shape index (κ3) is 4.89. The summed E-state index contributed by atoms with van der Waals surface area (Å²) in [5.41, 5.74) is 6.46. The Morgan fingerprint density at radius 2 is 1.71 bits per heavy atom. The monoisotopic (exact) mass is 460 g/mol. The van der Waals surface area contributed by atoms with Gasteiger partial charge in [-0.15, -0.1) is 0 Å². The van der Waals surface area contributed by atoms with Crippen LogP contribution >= 0.6 is 0 Å². The summed E-state index contributed by atoms with van der Waals surface area (Å²) >= 11 is 0. The van der Waals surface area contributed by atoms with E-state index in [-0.39, 0.29) is 18.4 Å². The minimum atomic E-state index is -0.275. The van der Waals surface area contributed by atoms with Crippen LogP contribution < -0.4 is 20.7 Å². The third-order valence-corrected chi connectivity index (χ3v) is 6.24. The van der Waals surface area contributed by atoms with Crippen LogP contribution in [0, 0.1) is 0 Å². The van der Waals surface area contributed by atoms with Crippen molar-refractivity contribution in [1.29, 1.82) is 0 Å². The van der Waals surface area contributed by atoms with Crippen molar-refractivity contribution in [1.82, 2.24) is 10.1 Å². The Bertz CT molecular complexity index is 1130. The van der Waals surface area contributed by atoms with E-state index >= 15 is 0 Å². The number of carbonyl (C=O) groups is 2. The number of hydrazine groups is 1. The first-order valence-electron chi connectivity index (χ1n) is 11.6. The molecule has 0 saturated carbocycles. The van der Waals surface area contributed by atoms with Crippen molar-refractivity contribution in [2.75, 3.05) is 53.4 Å². The van der Waals surface area contributed by atoms with Crippen LogP contribution in [0.25, 0.3) is 0 Å². The SMILES string of the molecule is O=C(Nc1ccon1)c1ccc(NN2CC(=O)N(CCN3CCCCC3)c3ccccc32)cc1. The molecule has 2 aromatic carbocycles. The van der Waals surface area contributed by atoms with E-state index in [0.29, 0.717) is 17.9 Å². The second kappa shape index (κ2) is 9.96. The molecule has 2 aliphatic rings. The molecule has 34 heavy (non-hydrogen) atoms. The highest BCUT2D eigenvalue weighted by Crippen LogP contribution is 2.33. The van der Waals surface area contributed by atoms with E-state index in [1.54, 1.807) is 18.2 Å². The van der Waals surface area contributed by atoms with Crippen molar-refractivity contribution >= 4 is 34.7 Å². The van der Waals surface area contributed by atoms with Crippen LogP contribution in [0.4, 0.5) is 22.9 Å². The van der Waals surface area contributed by atoms with Gasteiger partial charge in [-0.1, -0.05) is 23.7 Å². The molecule has 5 rings (SSSR count). The Labute approximate surface area is 198 Å². The quantitative estimate of drug-likeness (QED) is 0.556. The summed E-state index contributed by atoms with van der Waals surface area (Å²) in [6, 6.07) is 16.6. The zero-order valence-corrected chi connectivity index (χ0v) is 18.9. The first-order chi connectivity index (χ1) is 16.7. The molecule has 0 radical (unpaired) electrons. The van der Waals surface area contributed by atoms with Gasteiger partial charge in [-0.3, -0.25) is 20.0 Å². The molecule has 1 saturated heterocycles. The van der Waals surface area contributed by atoms with Crippen LogP contribution in [0.5, 0.6) is 0 Å². The van der Waals surface area contributed by atoms with Crippen molar-refractivity contribution in [3.63, 3.8) is 0 Å². The molecule has 0 spiro atoms. The summed E-state index contributed by atoms with van der Waals surface area (Å²) in [5, 5.41) is 8.22. The Morgan fingerprint density at radius 1 is 0.941 bits per heavy atom. The normalized spacial score (nSPS) is 16.3. The number of carbonyl (C=O) groups excluding carboxylic acids is 2. The molecule has 2 amide bonds. The second-order valence-electron chi connectivity index (χ2n) is 8.55. The summed E-state index contributed by atoms with van der Waals surface area (Å²) in [6.45, 7) is 4.05. The summed E-state index contributed by atoms with van der Waals surface area (Å²) in [7, 11) is 0. The number of anilines is 4. The highest BCUT2D eigenvalue weighted by Gasteiger charge is 2.29. The molecule has 0 atom stereocenters. The highest BCUT2D eigenvalue weighted by molar-refractivity contribution is 6.04. The van der Waals surface area contributed by atoms with E-state index in [4.69, 9.17) is 4.52 Å². The number of aromatic nitrogens is 1. The maximum Gasteiger partial charge on any atom is 0.256 e. The molecule has 176 valence electrons. The number of piperidine rings is 1. The third-order valence-electron chi connectivity index (χ3n) is 6.24. The zero-order chi connectivity index (χ0) is 23.3. The van der Waals surface area contributed by atoms with Crippen molar-refractivity contribution < 1.29 is 14.1 Å². The number of rotatable bonds is 7. The molecular weight excluding hydrogens is 432 g/mol. The number of nitrogens with zero attached hydrogens (tertiary/aromatic N) is 4. The molecule has 9 nitrogen and oxygen atoms in total. The maximum atomic E-state index is 13.1. The molecule has 9 heteroatoms. The van der Waals surface area contributed by atoms with E-state index in [9.17, 15) is 9.59 Å². The fraction of sp³-hybridized carbons (Fsp3) is 0.320. The standard InChI is InChI=1S/C25H28N6O3/c32-24-18-31(27-20-10-8-19(9-11-20)25(33)26-23-12-17-34-28-23)22-7-3-2-6-21(22)30(24)16-15-29-13-4-1-5-14-29/h2-3,6-12,17,27H,1,4-5,13-16,18H2,(H,26,28,33). The smallest absolute Gasteiger partial charge is 0.256 e. The van der Waals surface area contributed by atoms with Gasteiger partial charge in [0.2, 0.25) is 5.91 Å². The number of hydrogen-bond donors (Lipinski definition) is 2. The predicted molar refractivity (Wildman–Crippen MR) is 131 cm³/mol. The fourth-order valence-electron chi connectivity index (χ4n) is 4.45. The molecule has 1 fully saturated rings. The Morgan fingerprint density at radius 3 is 2.44 bits per heavy atom. The van der Waals surface area contributed by atoms with Gasteiger partial charge in [-0.05, 0) is 62.3 Å². The van der Waals surface area contributed by atoms with Gasteiger partial charge in [0.05, 0.1) is 17.1 Å². The minimum absolute atomic E-state index is 0.0619. The molecule has 2 aliphatic heterocycles. The van der Waals surface area contributed by atoms with E-state index in [0.717, 1.165) is 36.7 Å². The van der Waals surface area contributed by atoms with Crippen molar-refractivity contribution in [2.45, 2.75) is 19.3 Å². The highest BCUT2D eigenvalue weighted by atomic mass is 16.5. The van der Waals surface area contributed by atoms with Gasteiger partial charge in [0.1, 0.15) is 12.8 Å². The predicted octanol–water partition coefficient (Wildman–Crippen LogP) is 3.59. The lowest BCUT2D eigenvalue weighted by Gasteiger charge is -2.38. The summed E-state index contributed by atoms with van der Waals surface area (Å²) in [6.07, 6.45) is 5.18. The Balaban J connectivity index is 1.26. The van der Waals surface area contributed by atoms with Gasteiger partial charge >= 0.3 is 0 Å². The number of benzene rings is 2. The number of hydrogen-bond acceptors (Lipinski definition) is 7. The van der Waals surface area contributed by atoms with Crippen molar-refractivity contribution in [3.8, 4) is 0 Å². The molecule has 0 unspecified atom stereocenters. The number of likely N-dealkylation sites (tertiary alicyclic amines) is 1. The first kappa shape index (κ1) is 22.0.